The van der Waals surface area contributed by atoms with Gasteiger partial charge in [0.25, 0.3) is 0 Å². The van der Waals surface area contributed by atoms with Gasteiger partial charge >= 0.3 is 0 Å². The van der Waals surface area contributed by atoms with Crippen LogP contribution in [0.2, 0.25) is 5.02 Å². The van der Waals surface area contributed by atoms with Crippen LogP contribution in [0.3, 0.4) is 0 Å². The molecule has 0 spiro atoms. The number of aryl methyl sites for hydroxylation is 1. The summed E-state index contributed by atoms with van der Waals surface area (Å²) >= 11 is 7.66. The van der Waals surface area contributed by atoms with Crippen molar-refractivity contribution in [1.82, 2.24) is 0 Å². The van der Waals surface area contributed by atoms with E-state index in [-0.39, 0.29) is 12.5 Å². The molecule has 0 bridgehead atoms. The number of halogens is 1. The molecule has 1 aromatic heterocycles. The number of hydrogen-bond donors (Lipinski definition) is 1. The number of hydrogen-bond acceptors (Lipinski definition) is 3. The second-order valence-corrected chi connectivity index (χ2v) is 6.37. The third-order valence-electron chi connectivity index (χ3n) is 3.35. The predicted molar refractivity (Wildman–Crippen MR) is 84.4 cm³/mol. The first-order valence-corrected chi connectivity index (χ1v) is 7.46. The van der Waals surface area contributed by atoms with E-state index in [4.69, 9.17) is 11.6 Å². The number of nitrogens with one attached hydrogen (secondary N) is 1. The molecule has 0 radical (unpaired) electrons. The molecular weight excluding hydrogens is 292 g/mol. The van der Waals surface area contributed by atoms with Crippen molar-refractivity contribution in [3.63, 3.8) is 0 Å². The van der Waals surface area contributed by atoms with Crippen LogP contribution >= 0.6 is 22.9 Å². The number of aliphatic imine (C=N–C) groups is 1. The minimum atomic E-state index is -0.0791. The molecule has 5 heteroatoms. The van der Waals surface area contributed by atoms with Gasteiger partial charge in [-0.05, 0) is 31.5 Å². The third-order valence-corrected chi connectivity index (χ3v) is 4.71. The van der Waals surface area contributed by atoms with E-state index in [1.165, 1.54) is 4.88 Å². The Morgan fingerprint density at radius 3 is 2.90 bits per heavy atom. The lowest BCUT2D eigenvalue weighted by atomic mass is 10.00. The largest absolute Gasteiger partial charge is 0.316 e. The number of benzene rings is 1. The fraction of sp³-hybridized carbons (Fsp3) is 0.200. The van der Waals surface area contributed by atoms with Crippen LogP contribution < -0.4 is 5.32 Å². The van der Waals surface area contributed by atoms with Crippen LogP contribution in [0.4, 0.5) is 5.00 Å². The Kier molecular flexibility index (Phi) is 3.36. The number of thiophene rings is 1. The Morgan fingerprint density at radius 1 is 1.35 bits per heavy atom. The molecule has 0 fully saturated rings. The summed E-state index contributed by atoms with van der Waals surface area (Å²) in [4.78, 5) is 17.4. The van der Waals surface area contributed by atoms with Crippen molar-refractivity contribution in [2.45, 2.75) is 13.8 Å². The van der Waals surface area contributed by atoms with E-state index in [9.17, 15) is 4.79 Å². The van der Waals surface area contributed by atoms with Gasteiger partial charge < -0.3 is 5.32 Å². The molecule has 20 heavy (non-hydrogen) atoms. The fourth-order valence-electron chi connectivity index (χ4n) is 2.27. The summed E-state index contributed by atoms with van der Waals surface area (Å²) in [6, 6.07) is 7.58. The zero-order valence-electron chi connectivity index (χ0n) is 11.2. The molecule has 1 aliphatic rings. The quantitative estimate of drug-likeness (QED) is 0.855. The molecule has 0 atom stereocenters. The van der Waals surface area contributed by atoms with Gasteiger partial charge in [0, 0.05) is 21.0 Å². The average molecular weight is 305 g/mol. The number of carbonyl (C=O) groups is 1. The number of amides is 1. The van der Waals surface area contributed by atoms with Gasteiger partial charge in [0.1, 0.15) is 11.5 Å². The second kappa shape index (κ2) is 5.04. The first-order chi connectivity index (χ1) is 9.56. The number of anilines is 1. The molecule has 1 N–H and O–H groups in total. The summed E-state index contributed by atoms with van der Waals surface area (Å²) in [6.45, 7) is 4.25. The van der Waals surface area contributed by atoms with Gasteiger partial charge in [-0.25, -0.2) is 0 Å². The normalized spacial score (nSPS) is 14.3. The van der Waals surface area contributed by atoms with E-state index in [1.54, 1.807) is 11.3 Å². The lowest BCUT2D eigenvalue weighted by molar-refractivity contribution is -0.114. The minimum absolute atomic E-state index is 0.0791. The highest BCUT2D eigenvalue weighted by Gasteiger charge is 2.23. The molecular formula is C15H13ClN2OS. The Hall–Kier alpha value is -1.65. The van der Waals surface area contributed by atoms with Gasteiger partial charge in [-0.1, -0.05) is 23.7 Å². The van der Waals surface area contributed by atoms with Crippen molar-refractivity contribution < 1.29 is 4.79 Å². The van der Waals surface area contributed by atoms with E-state index in [2.05, 4.69) is 24.2 Å². The Bertz CT molecular complexity index is 733. The molecule has 1 amide bonds. The average Bonchev–Trinajstić information content (AvgIpc) is 2.59. The van der Waals surface area contributed by atoms with E-state index in [0.717, 1.165) is 27.4 Å². The second-order valence-electron chi connectivity index (χ2n) is 4.71. The molecule has 102 valence electrons. The molecule has 0 aliphatic carbocycles. The monoisotopic (exact) mass is 304 g/mol. The van der Waals surface area contributed by atoms with E-state index < -0.39 is 0 Å². The standard InChI is InChI=1S/C15H13ClN2OS/c1-8-9(2)20-15-13(8)14(17-7-12(19)18-15)10-4-3-5-11(16)6-10/h3-6H,7H2,1-2H3,(H,18,19). The maximum atomic E-state index is 11.8. The number of carbonyl (C=O) groups excluding carboxylic acids is 1. The zero-order valence-corrected chi connectivity index (χ0v) is 12.7. The molecule has 3 nitrogen and oxygen atoms in total. The lowest BCUT2D eigenvalue weighted by Gasteiger charge is -2.07. The SMILES string of the molecule is Cc1sc2c(c1C)C(c1cccc(Cl)c1)=NCC(=O)N2. The van der Waals surface area contributed by atoms with Crippen molar-refractivity contribution in [3.8, 4) is 0 Å². The number of nitrogens with zero attached hydrogens (tertiary/aromatic N) is 1. The summed E-state index contributed by atoms with van der Waals surface area (Å²) in [7, 11) is 0. The van der Waals surface area contributed by atoms with Crippen molar-refractivity contribution in [1.29, 1.82) is 0 Å². The summed E-state index contributed by atoms with van der Waals surface area (Å²) in [5.74, 6) is -0.0791. The van der Waals surface area contributed by atoms with Crippen LogP contribution in [0.5, 0.6) is 0 Å². The van der Waals surface area contributed by atoms with Crippen LogP contribution in [-0.4, -0.2) is 18.2 Å². The first kappa shape index (κ1) is 13.3. The highest BCUT2D eigenvalue weighted by Crippen LogP contribution is 2.35. The third kappa shape index (κ3) is 2.25. The van der Waals surface area contributed by atoms with Gasteiger partial charge in [0.05, 0.1) is 5.71 Å². The van der Waals surface area contributed by atoms with Crippen molar-refractivity contribution >= 4 is 39.6 Å². The highest BCUT2D eigenvalue weighted by molar-refractivity contribution is 7.17. The molecule has 3 rings (SSSR count). The summed E-state index contributed by atoms with van der Waals surface area (Å²) < 4.78 is 0. The van der Waals surface area contributed by atoms with Gasteiger partial charge in [-0.2, -0.15) is 0 Å². The van der Waals surface area contributed by atoms with Crippen molar-refractivity contribution in [3.05, 3.63) is 50.9 Å². The molecule has 0 unspecified atom stereocenters. The van der Waals surface area contributed by atoms with Gasteiger partial charge in [-0.15, -0.1) is 11.3 Å². The van der Waals surface area contributed by atoms with E-state index >= 15 is 0 Å². The summed E-state index contributed by atoms with van der Waals surface area (Å²) in [6.07, 6.45) is 0. The Morgan fingerprint density at radius 2 is 2.15 bits per heavy atom. The molecule has 1 aliphatic heterocycles. The maximum Gasteiger partial charge on any atom is 0.246 e. The summed E-state index contributed by atoms with van der Waals surface area (Å²) in [5.41, 5.74) is 3.95. The van der Waals surface area contributed by atoms with Crippen molar-refractivity contribution in [2.75, 3.05) is 11.9 Å². The Balaban J connectivity index is 2.23. The van der Waals surface area contributed by atoms with Crippen LogP contribution in [-0.2, 0) is 4.79 Å². The van der Waals surface area contributed by atoms with Crippen LogP contribution in [0.1, 0.15) is 21.6 Å². The predicted octanol–water partition coefficient (Wildman–Crippen LogP) is 3.81. The molecule has 2 heterocycles. The lowest BCUT2D eigenvalue weighted by Crippen LogP contribution is -2.12. The summed E-state index contributed by atoms with van der Waals surface area (Å²) in [5, 5.41) is 4.47. The molecule has 0 saturated carbocycles. The maximum absolute atomic E-state index is 11.8. The first-order valence-electron chi connectivity index (χ1n) is 6.27. The number of fused-ring (bicyclic) bond motifs is 1. The van der Waals surface area contributed by atoms with Crippen LogP contribution in [0.25, 0.3) is 0 Å². The minimum Gasteiger partial charge on any atom is -0.316 e. The Labute approximate surface area is 126 Å². The van der Waals surface area contributed by atoms with Crippen LogP contribution in [0.15, 0.2) is 29.3 Å². The topological polar surface area (TPSA) is 41.5 Å². The van der Waals surface area contributed by atoms with Crippen LogP contribution in [0, 0.1) is 13.8 Å². The molecule has 2 aromatic rings. The van der Waals surface area contributed by atoms with Gasteiger partial charge in [-0.3, -0.25) is 9.79 Å². The highest BCUT2D eigenvalue weighted by atomic mass is 35.5. The fourth-order valence-corrected chi connectivity index (χ4v) is 3.54. The van der Waals surface area contributed by atoms with Crippen molar-refractivity contribution in [2.24, 2.45) is 4.99 Å². The number of rotatable bonds is 1. The van der Waals surface area contributed by atoms with Gasteiger partial charge in [0.15, 0.2) is 0 Å². The molecule has 0 saturated heterocycles. The van der Waals surface area contributed by atoms with Gasteiger partial charge in [0.2, 0.25) is 5.91 Å². The van der Waals surface area contributed by atoms with E-state index in [1.807, 2.05) is 24.3 Å². The zero-order chi connectivity index (χ0) is 14.3. The smallest absolute Gasteiger partial charge is 0.246 e. The van der Waals surface area contributed by atoms with E-state index in [0.29, 0.717) is 5.02 Å². The molecule has 1 aromatic carbocycles.